The van der Waals surface area contributed by atoms with Crippen LogP contribution in [0.15, 0.2) is 42.5 Å². The minimum absolute atomic E-state index is 0.326. The highest BCUT2D eigenvalue weighted by Gasteiger charge is 2.20. The van der Waals surface area contributed by atoms with Crippen molar-refractivity contribution in [1.29, 1.82) is 0 Å². The van der Waals surface area contributed by atoms with E-state index in [1.54, 1.807) is 18.2 Å². The second-order valence-electron chi connectivity index (χ2n) is 3.81. The molecule has 0 fully saturated rings. The van der Waals surface area contributed by atoms with Crippen LogP contribution in [-0.4, -0.2) is 21.7 Å². The third-order valence-corrected chi connectivity index (χ3v) is 3.12. The molecule has 0 aliphatic rings. The van der Waals surface area contributed by atoms with Crippen molar-refractivity contribution in [1.82, 2.24) is 0 Å². The van der Waals surface area contributed by atoms with Gasteiger partial charge in [0.15, 0.2) is 5.78 Å². The largest absolute Gasteiger partial charge is 0.333 e. The van der Waals surface area contributed by atoms with Gasteiger partial charge in [-0.2, -0.15) is 0 Å². The monoisotopic (exact) mass is 250 g/mol. The molecule has 0 radical (unpaired) electrons. The van der Waals surface area contributed by atoms with Gasteiger partial charge >= 0.3 is 7.60 Å². The summed E-state index contributed by atoms with van der Waals surface area (Å²) in [6.45, 7) is 0. The summed E-state index contributed by atoms with van der Waals surface area (Å²) in [5.74, 6) is -0.538. The molecule has 0 heterocycles. The zero-order chi connectivity index (χ0) is 12.5. The zero-order valence-corrected chi connectivity index (χ0v) is 9.80. The predicted molar refractivity (Wildman–Crippen MR) is 65.2 cm³/mol. The lowest BCUT2D eigenvalue weighted by molar-refractivity contribution is 0.101. The van der Waals surface area contributed by atoms with Gasteiger partial charge in [-0.05, 0) is 16.8 Å². The first-order valence-electron chi connectivity index (χ1n) is 5.02. The second-order valence-corrected chi connectivity index (χ2v) is 5.45. The van der Waals surface area contributed by atoms with E-state index in [4.69, 9.17) is 9.79 Å². The van der Waals surface area contributed by atoms with Gasteiger partial charge in [-0.3, -0.25) is 9.36 Å². The third kappa shape index (κ3) is 3.01. The number of fused-ring (bicyclic) bond motifs is 1. The van der Waals surface area contributed by atoms with E-state index in [9.17, 15) is 9.36 Å². The Hall–Kier alpha value is -1.48. The maximum atomic E-state index is 11.6. The van der Waals surface area contributed by atoms with Crippen molar-refractivity contribution in [2.24, 2.45) is 0 Å². The maximum absolute atomic E-state index is 11.6. The molecule has 4 nitrogen and oxygen atoms in total. The fourth-order valence-electron chi connectivity index (χ4n) is 1.64. The molecule has 2 aromatic carbocycles. The molecule has 0 unspecified atom stereocenters. The average molecular weight is 250 g/mol. The van der Waals surface area contributed by atoms with Crippen LogP contribution in [0.1, 0.15) is 10.4 Å². The van der Waals surface area contributed by atoms with Crippen LogP contribution in [0.3, 0.4) is 0 Å². The number of ketones is 1. The Labute approximate surface area is 98.1 Å². The van der Waals surface area contributed by atoms with E-state index >= 15 is 0 Å². The number of carbonyl (C=O) groups excluding carboxylic acids is 1. The molecule has 0 saturated heterocycles. The van der Waals surface area contributed by atoms with E-state index in [1.165, 1.54) is 0 Å². The Balaban J connectivity index is 2.37. The lowest BCUT2D eigenvalue weighted by Gasteiger charge is -2.04. The van der Waals surface area contributed by atoms with Crippen LogP contribution >= 0.6 is 7.60 Å². The topological polar surface area (TPSA) is 74.6 Å². The number of rotatable bonds is 3. The average Bonchev–Trinajstić information content (AvgIpc) is 2.26. The Morgan fingerprint density at radius 1 is 1.06 bits per heavy atom. The fraction of sp³-hybridized carbons (Fsp3) is 0.0833. The summed E-state index contributed by atoms with van der Waals surface area (Å²) in [5.41, 5.74) is 0.326. The summed E-state index contributed by atoms with van der Waals surface area (Å²) in [4.78, 5) is 29.1. The Kier molecular flexibility index (Phi) is 3.11. The Bertz CT molecular complexity index is 615. The van der Waals surface area contributed by atoms with Gasteiger partial charge in [0.05, 0.1) is 0 Å². The normalized spacial score (nSPS) is 11.6. The lowest BCUT2D eigenvalue weighted by Crippen LogP contribution is -2.05. The molecule has 0 bridgehead atoms. The number of Topliss-reactive ketones (excluding diaryl/α,β-unsaturated/α-hetero) is 1. The molecule has 88 valence electrons. The number of hydrogen-bond acceptors (Lipinski definition) is 2. The molecular weight excluding hydrogens is 239 g/mol. The van der Waals surface area contributed by atoms with Crippen molar-refractivity contribution in [3.05, 3.63) is 48.0 Å². The fourth-order valence-corrected chi connectivity index (χ4v) is 2.20. The van der Waals surface area contributed by atoms with E-state index in [0.29, 0.717) is 5.56 Å². The van der Waals surface area contributed by atoms with Crippen LogP contribution in [-0.2, 0) is 4.57 Å². The molecule has 17 heavy (non-hydrogen) atoms. The number of carbonyl (C=O) groups is 1. The van der Waals surface area contributed by atoms with Gasteiger partial charge in [0.25, 0.3) is 0 Å². The van der Waals surface area contributed by atoms with Crippen LogP contribution in [0, 0.1) is 0 Å². The van der Waals surface area contributed by atoms with Gasteiger partial charge in [-0.1, -0.05) is 36.4 Å². The molecule has 0 amide bonds. The first kappa shape index (κ1) is 12.0. The quantitative estimate of drug-likeness (QED) is 0.646. The van der Waals surface area contributed by atoms with Crippen molar-refractivity contribution in [2.45, 2.75) is 0 Å². The van der Waals surface area contributed by atoms with E-state index in [1.807, 2.05) is 24.3 Å². The van der Waals surface area contributed by atoms with Crippen molar-refractivity contribution < 1.29 is 19.1 Å². The predicted octanol–water partition coefficient (Wildman–Crippen LogP) is 2.20. The van der Waals surface area contributed by atoms with Crippen LogP contribution in [0.25, 0.3) is 10.8 Å². The highest BCUT2D eigenvalue weighted by Crippen LogP contribution is 2.35. The SMILES string of the molecule is O=C(CP(=O)(O)O)c1ccc2ccccc2c1. The van der Waals surface area contributed by atoms with Gasteiger partial charge in [-0.25, -0.2) is 0 Å². The highest BCUT2D eigenvalue weighted by atomic mass is 31.2. The van der Waals surface area contributed by atoms with Gasteiger partial charge in [-0.15, -0.1) is 0 Å². The third-order valence-electron chi connectivity index (χ3n) is 2.42. The first-order chi connectivity index (χ1) is 7.96. The van der Waals surface area contributed by atoms with Crippen LogP contribution in [0.5, 0.6) is 0 Å². The molecule has 2 aromatic rings. The van der Waals surface area contributed by atoms with Crippen LogP contribution < -0.4 is 0 Å². The Morgan fingerprint density at radius 2 is 1.71 bits per heavy atom. The summed E-state index contributed by atoms with van der Waals surface area (Å²) in [5, 5.41) is 1.87. The summed E-state index contributed by atoms with van der Waals surface area (Å²) >= 11 is 0. The summed E-state index contributed by atoms with van der Waals surface area (Å²) in [6.07, 6.45) is -0.745. The van der Waals surface area contributed by atoms with Gasteiger partial charge < -0.3 is 9.79 Å². The molecule has 0 atom stereocenters. The number of hydrogen-bond donors (Lipinski definition) is 2. The number of benzene rings is 2. The Morgan fingerprint density at radius 3 is 2.35 bits per heavy atom. The lowest BCUT2D eigenvalue weighted by atomic mass is 10.1. The van der Waals surface area contributed by atoms with Gasteiger partial charge in [0.2, 0.25) is 0 Å². The molecule has 2 N–H and O–H groups in total. The maximum Gasteiger partial charge on any atom is 0.333 e. The first-order valence-corrected chi connectivity index (χ1v) is 6.82. The molecule has 5 heteroatoms. The molecule has 2 rings (SSSR count). The molecular formula is C12H11O4P. The van der Waals surface area contributed by atoms with Crippen molar-refractivity contribution in [3.8, 4) is 0 Å². The smallest absolute Gasteiger partial charge is 0.324 e. The molecule has 0 saturated carbocycles. The van der Waals surface area contributed by atoms with Crippen LogP contribution in [0.2, 0.25) is 0 Å². The molecule has 0 aliphatic heterocycles. The van der Waals surface area contributed by atoms with E-state index < -0.39 is 19.5 Å². The van der Waals surface area contributed by atoms with Crippen molar-refractivity contribution in [3.63, 3.8) is 0 Å². The molecule has 0 aromatic heterocycles. The van der Waals surface area contributed by atoms with E-state index in [0.717, 1.165) is 10.8 Å². The zero-order valence-electron chi connectivity index (χ0n) is 8.91. The van der Waals surface area contributed by atoms with Gasteiger partial charge in [0, 0.05) is 5.56 Å². The minimum atomic E-state index is -4.30. The van der Waals surface area contributed by atoms with Crippen molar-refractivity contribution >= 4 is 24.2 Å². The molecule has 0 spiro atoms. The summed E-state index contributed by atoms with van der Waals surface area (Å²) in [7, 11) is -4.30. The van der Waals surface area contributed by atoms with Crippen molar-refractivity contribution in [2.75, 3.05) is 6.16 Å². The highest BCUT2D eigenvalue weighted by molar-refractivity contribution is 7.52. The van der Waals surface area contributed by atoms with E-state index in [-0.39, 0.29) is 0 Å². The van der Waals surface area contributed by atoms with Crippen LogP contribution in [0.4, 0.5) is 0 Å². The second kappa shape index (κ2) is 4.41. The minimum Gasteiger partial charge on any atom is -0.324 e. The van der Waals surface area contributed by atoms with E-state index in [2.05, 4.69) is 0 Å². The van der Waals surface area contributed by atoms with Gasteiger partial charge in [0.1, 0.15) is 6.16 Å². The standard InChI is InChI=1S/C12H11O4P/c13-12(8-17(14,15)16)11-6-5-9-3-1-2-4-10(9)7-11/h1-7H,8H2,(H2,14,15,16). The summed E-state index contributed by atoms with van der Waals surface area (Å²) < 4.78 is 10.8. The molecule has 0 aliphatic carbocycles. The summed E-state index contributed by atoms with van der Waals surface area (Å²) in [6, 6.07) is 12.5.